The summed E-state index contributed by atoms with van der Waals surface area (Å²) >= 11 is 0. The van der Waals surface area contributed by atoms with Crippen molar-refractivity contribution in [2.45, 2.75) is 83.2 Å². The second-order valence-corrected chi connectivity index (χ2v) is 6.37. The van der Waals surface area contributed by atoms with E-state index in [9.17, 15) is 5.11 Å². The van der Waals surface area contributed by atoms with Gasteiger partial charge in [-0.15, -0.1) is 0 Å². The lowest BCUT2D eigenvalue weighted by atomic mass is 9.99. The molecule has 1 atom stereocenters. The van der Waals surface area contributed by atoms with Crippen LogP contribution in [0.5, 0.6) is 0 Å². The predicted molar refractivity (Wildman–Crippen MR) is 86.0 cm³/mol. The van der Waals surface area contributed by atoms with Crippen molar-refractivity contribution in [3.63, 3.8) is 0 Å². The molecule has 20 heavy (non-hydrogen) atoms. The van der Waals surface area contributed by atoms with Crippen molar-refractivity contribution < 1.29 is 5.11 Å². The highest BCUT2D eigenvalue weighted by molar-refractivity contribution is 5.30. The highest BCUT2D eigenvalue weighted by Gasteiger charge is 2.23. The van der Waals surface area contributed by atoms with Crippen LogP contribution in [0.3, 0.4) is 0 Å². The van der Waals surface area contributed by atoms with E-state index in [1.54, 1.807) is 0 Å². The van der Waals surface area contributed by atoms with Crippen molar-refractivity contribution in [3.05, 3.63) is 35.4 Å². The molecule has 0 saturated heterocycles. The third kappa shape index (κ3) is 5.28. The summed E-state index contributed by atoms with van der Waals surface area (Å²) in [7, 11) is 0. The lowest BCUT2D eigenvalue weighted by Crippen LogP contribution is -1.98. The van der Waals surface area contributed by atoms with Crippen LogP contribution in [0.15, 0.2) is 24.3 Å². The van der Waals surface area contributed by atoms with E-state index in [1.165, 1.54) is 56.9 Å². The minimum absolute atomic E-state index is 0.260. The zero-order valence-corrected chi connectivity index (χ0v) is 13.0. The molecule has 1 aromatic rings. The Bertz CT molecular complexity index is 381. The summed E-state index contributed by atoms with van der Waals surface area (Å²) in [6.45, 7) is 2.26. The van der Waals surface area contributed by atoms with E-state index in [0.29, 0.717) is 0 Å². The van der Waals surface area contributed by atoms with Gasteiger partial charge in [0, 0.05) is 0 Å². The lowest BCUT2D eigenvalue weighted by Gasteiger charge is -2.12. The van der Waals surface area contributed by atoms with Gasteiger partial charge in [-0.1, -0.05) is 76.1 Å². The first-order chi connectivity index (χ1) is 9.81. The first-order valence-electron chi connectivity index (χ1n) is 8.59. The summed E-state index contributed by atoms with van der Waals surface area (Å²) in [6, 6.07) is 8.62. The Morgan fingerprint density at radius 2 is 1.75 bits per heavy atom. The van der Waals surface area contributed by atoms with Gasteiger partial charge in [-0.3, -0.25) is 0 Å². The standard InChI is InChI=1S/C19H30O/c1-2-3-4-5-6-7-8-12-19(20)18-11-9-10-17(15-18)16-13-14-16/h9-11,15-16,19-20H,2-8,12-14H2,1H3. The first kappa shape index (κ1) is 15.6. The van der Waals surface area contributed by atoms with Crippen molar-refractivity contribution in [1.82, 2.24) is 0 Å². The fraction of sp³-hybridized carbons (Fsp3) is 0.684. The minimum atomic E-state index is -0.260. The molecule has 0 spiro atoms. The zero-order chi connectivity index (χ0) is 14.2. The van der Waals surface area contributed by atoms with Crippen LogP contribution in [0.2, 0.25) is 0 Å². The molecule has 112 valence electrons. The van der Waals surface area contributed by atoms with Crippen LogP contribution in [0.25, 0.3) is 0 Å². The molecule has 1 saturated carbocycles. The summed E-state index contributed by atoms with van der Waals surface area (Å²) in [6.07, 6.45) is 12.5. The van der Waals surface area contributed by atoms with E-state index in [0.717, 1.165) is 24.3 Å². The Hall–Kier alpha value is -0.820. The molecule has 0 amide bonds. The van der Waals surface area contributed by atoms with Gasteiger partial charge in [0.25, 0.3) is 0 Å². The summed E-state index contributed by atoms with van der Waals surface area (Å²) in [4.78, 5) is 0. The summed E-state index contributed by atoms with van der Waals surface area (Å²) in [5.41, 5.74) is 2.56. The number of rotatable bonds is 10. The average Bonchev–Trinajstić information content (AvgIpc) is 3.31. The maximum absolute atomic E-state index is 10.3. The van der Waals surface area contributed by atoms with E-state index in [1.807, 2.05) is 0 Å². The molecule has 1 N–H and O–H groups in total. The van der Waals surface area contributed by atoms with E-state index in [-0.39, 0.29) is 6.10 Å². The summed E-state index contributed by atoms with van der Waals surface area (Å²) in [5.74, 6) is 0.778. The number of hydrogen-bond donors (Lipinski definition) is 1. The van der Waals surface area contributed by atoms with E-state index in [4.69, 9.17) is 0 Å². The van der Waals surface area contributed by atoms with Gasteiger partial charge < -0.3 is 5.11 Å². The molecule has 0 aromatic heterocycles. The van der Waals surface area contributed by atoms with E-state index < -0.39 is 0 Å². The molecule has 0 aliphatic heterocycles. The van der Waals surface area contributed by atoms with Crippen molar-refractivity contribution in [2.75, 3.05) is 0 Å². The molecule has 1 fully saturated rings. The van der Waals surface area contributed by atoms with E-state index in [2.05, 4.69) is 31.2 Å². The predicted octanol–water partition coefficient (Wildman–Crippen LogP) is 5.74. The molecule has 2 rings (SSSR count). The Labute approximate surface area is 124 Å². The van der Waals surface area contributed by atoms with Crippen LogP contribution in [-0.2, 0) is 0 Å². The normalized spacial score (nSPS) is 16.3. The summed E-state index contributed by atoms with van der Waals surface area (Å²) in [5, 5.41) is 10.3. The fourth-order valence-corrected chi connectivity index (χ4v) is 2.90. The van der Waals surface area contributed by atoms with Crippen molar-refractivity contribution in [1.29, 1.82) is 0 Å². The van der Waals surface area contributed by atoms with Gasteiger partial charge >= 0.3 is 0 Å². The quantitative estimate of drug-likeness (QED) is 0.539. The molecule has 1 nitrogen and oxygen atoms in total. The fourth-order valence-electron chi connectivity index (χ4n) is 2.90. The van der Waals surface area contributed by atoms with Crippen LogP contribution in [0.4, 0.5) is 0 Å². The van der Waals surface area contributed by atoms with Gasteiger partial charge in [0.15, 0.2) is 0 Å². The molecule has 1 aliphatic carbocycles. The monoisotopic (exact) mass is 274 g/mol. The van der Waals surface area contributed by atoms with Gasteiger partial charge in [-0.25, -0.2) is 0 Å². The summed E-state index contributed by atoms with van der Waals surface area (Å²) < 4.78 is 0. The molecular weight excluding hydrogens is 244 g/mol. The third-order valence-corrected chi connectivity index (χ3v) is 4.43. The first-order valence-corrected chi connectivity index (χ1v) is 8.59. The highest BCUT2D eigenvalue weighted by atomic mass is 16.3. The van der Waals surface area contributed by atoms with Crippen LogP contribution >= 0.6 is 0 Å². The molecule has 0 heterocycles. The second-order valence-electron chi connectivity index (χ2n) is 6.37. The number of aliphatic hydroxyl groups is 1. The number of benzene rings is 1. The lowest BCUT2D eigenvalue weighted by molar-refractivity contribution is 0.163. The van der Waals surface area contributed by atoms with E-state index >= 15 is 0 Å². The van der Waals surface area contributed by atoms with Gasteiger partial charge in [0.2, 0.25) is 0 Å². The Kier molecular flexibility index (Phi) is 6.59. The highest BCUT2D eigenvalue weighted by Crippen LogP contribution is 2.40. The smallest absolute Gasteiger partial charge is 0.0790 e. The molecular formula is C19H30O. The van der Waals surface area contributed by atoms with Crippen molar-refractivity contribution in [2.24, 2.45) is 0 Å². The average molecular weight is 274 g/mol. The molecule has 0 bridgehead atoms. The largest absolute Gasteiger partial charge is 0.388 e. The molecule has 1 aromatic carbocycles. The number of hydrogen-bond acceptors (Lipinski definition) is 1. The van der Waals surface area contributed by atoms with Gasteiger partial charge in [0.05, 0.1) is 6.10 Å². The topological polar surface area (TPSA) is 20.2 Å². The second kappa shape index (κ2) is 8.46. The van der Waals surface area contributed by atoms with Gasteiger partial charge in [-0.05, 0) is 36.3 Å². The van der Waals surface area contributed by atoms with Crippen LogP contribution < -0.4 is 0 Å². The minimum Gasteiger partial charge on any atom is -0.388 e. The Morgan fingerprint density at radius 3 is 2.45 bits per heavy atom. The van der Waals surface area contributed by atoms with Crippen LogP contribution in [0, 0.1) is 0 Å². The van der Waals surface area contributed by atoms with Crippen molar-refractivity contribution >= 4 is 0 Å². The third-order valence-electron chi connectivity index (χ3n) is 4.43. The molecule has 1 heteroatoms. The van der Waals surface area contributed by atoms with Crippen LogP contribution in [-0.4, -0.2) is 5.11 Å². The van der Waals surface area contributed by atoms with Gasteiger partial charge in [-0.2, -0.15) is 0 Å². The Morgan fingerprint density at radius 1 is 1.05 bits per heavy atom. The maximum atomic E-state index is 10.3. The van der Waals surface area contributed by atoms with Gasteiger partial charge in [0.1, 0.15) is 0 Å². The maximum Gasteiger partial charge on any atom is 0.0790 e. The molecule has 0 radical (unpaired) electrons. The number of unbranched alkanes of at least 4 members (excludes halogenated alkanes) is 6. The zero-order valence-electron chi connectivity index (χ0n) is 13.0. The Balaban J connectivity index is 1.64. The van der Waals surface area contributed by atoms with Crippen molar-refractivity contribution in [3.8, 4) is 0 Å². The van der Waals surface area contributed by atoms with Crippen LogP contribution in [0.1, 0.15) is 94.3 Å². The molecule has 1 aliphatic rings. The number of aliphatic hydroxyl groups excluding tert-OH is 1. The SMILES string of the molecule is CCCCCCCCCC(O)c1cccc(C2CC2)c1. The molecule has 1 unspecified atom stereocenters.